The van der Waals surface area contributed by atoms with Gasteiger partial charge in [0.1, 0.15) is 6.29 Å². The molecule has 7 rings (SSSR count). The zero-order chi connectivity index (χ0) is 20.0. The first-order valence-electron chi connectivity index (χ1n) is 13.7. The smallest absolute Gasteiger partial charge is 0.112 e. The van der Waals surface area contributed by atoms with Gasteiger partial charge in [0, 0.05) is 18.1 Å². The lowest BCUT2D eigenvalue weighted by Gasteiger charge is -2.38. The van der Waals surface area contributed by atoms with Crippen LogP contribution in [0.15, 0.2) is 11.6 Å². The van der Waals surface area contributed by atoms with Crippen molar-refractivity contribution >= 4 is 0 Å². The van der Waals surface area contributed by atoms with Gasteiger partial charge in [-0.05, 0) is 118 Å². The van der Waals surface area contributed by atoms with E-state index in [0.717, 1.165) is 59.4 Å². The van der Waals surface area contributed by atoms with Crippen LogP contribution in [-0.2, 0) is 0 Å². The Balaban J connectivity index is 1.10. The highest BCUT2D eigenvalue weighted by Gasteiger charge is 2.58. The van der Waals surface area contributed by atoms with Crippen molar-refractivity contribution in [3.05, 3.63) is 11.6 Å². The molecule has 0 aromatic rings. The monoisotopic (exact) mass is 409 g/mol. The molecule has 1 aliphatic heterocycles. The molecule has 0 aromatic heterocycles. The Morgan fingerprint density at radius 2 is 1.87 bits per heavy atom. The third kappa shape index (κ3) is 3.09. The molecule has 6 fully saturated rings. The number of nitrogens with one attached hydrogen (secondary N) is 1. The second-order valence-corrected chi connectivity index (χ2v) is 12.5. The van der Waals surface area contributed by atoms with Crippen LogP contribution in [0.5, 0.6) is 0 Å². The van der Waals surface area contributed by atoms with Crippen molar-refractivity contribution in [1.29, 1.82) is 0 Å². The summed E-state index contributed by atoms with van der Waals surface area (Å²) in [5.74, 6) is 8.24. The van der Waals surface area contributed by atoms with Crippen LogP contribution in [0.25, 0.3) is 0 Å². The largest absolute Gasteiger partial charge is 0.303 e. The topological polar surface area (TPSA) is 41.3 Å². The molecular weight excluding hydrogens is 366 g/mol. The second-order valence-electron chi connectivity index (χ2n) is 12.5. The highest BCUT2D eigenvalue weighted by atomic mass is 15.4. The van der Waals surface area contributed by atoms with E-state index in [-0.39, 0.29) is 6.29 Å². The summed E-state index contributed by atoms with van der Waals surface area (Å²) in [7, 11) is 0. The van der Waals surface area contributed by atoms with E-state index in [2.05, 4.69) is 23.2 Å². The Kier molecular flexibility index (Phi) is 4.50. The summed E-state index contributed by atoms with van der Waals surface area (Å²) in [5, 5.41) is 3.74. The first kappa shape index (κ1) is 19.1. The van der Waals surface area contributed by atoms with Gasteiger partial charge < -0.3 is 5.73 Å². The molecule has 0 spiro atoms. The minimum atomic E-state index is 0.110. The third-order valence-corrected chi connectivity index (χ3v) is 10.9. The van der Waals surface area contributed by atoms with E-state index < -0.39 is 0 Å². The molecule has 0 radical (unpaired) electrons. The summed E-state index contributed by atoms with van der Waals surface area (Å²) in [6.45, 7) is 2.46. The number of fused-ring (bicyclic) bond motifs is 6. The molecule has 166 valence electrons. The molecule has 6 aliphatic carbocycles. The van der Waals surface area contributed by atoms with E-state index in [1.54, 1.807) is 19.3 Å². The highest BCUT2D eigenvalue weighted by molar-refractivity contribution is 5.21. The fraction of sp³-hybridized carbons (Fsp3) is 0.926. The summed E-state index contributed by atoms with van der Waals surface area (Å²) in [4.78, 5) is 2.76. The Labute approximate surface area is 183 Å². The number of hydrogen-bond acceptors (Lipinski definition) is 3. The van der Waals surface area contributed by atoms with Crippen molar-refractivity contribution < 1.29 is 0 Å². The van der Waals surface area contributed by atoms with Crippen LogP contribution in [0.3, 0.4) is 0 Å². The molecule has 0 aromatic carbocycles. The van der Waals surface area contributed by atoms with Gasteiger partial charge in [-0.25, -0.2) is 0 Å². The van der Waals surface area contributed by atoms with Gasteiger partial charge in [0.15, 0.2) is 0 Å². The molecule has 5 saturated carbocycles. The van der Waals surface area contributed by atoms with Gasteiger partial charge in [-0.3, -0.25) is 10.2 Å². The lowest BCUT2D eigenvalue weighted by atomic mass is 9.69. The molecule has 11 unspecified atom stereocenters. The maximum atomic E-state index is 6.65. The number of rotatable bonds is 6. The molecule has 30 heavy (non-hydrogen) atoms. The van der Waals surface area contributed by atoms with Crippen LogP contribution < -0.4 is 11.1 Å². The van der Waals surface area contributed by atoms with Crippen LogP contribution >= 0.6 is 0 Å². The molecule has 3 N–H and O–H groups in total. The lowest BCUT2D eigenvalue weighted by molar-refractivity contribution is 0.101. The fourth-order valence-corrected chi connectivity index (χ4v) is 9.11. The van der Waals surface area contributed by atoms with Crippen LogP contribution in [0, 0.1) is 47.3 Å². The molecule has 0 amide bonds. The van der Waals surface area contributed by atoms with Crippen molar-refractivity contribution in [3.8, 4) is 0 Å². The number of nitrogens with two attached hydrogens (primary N) is 1. The second kappa shape index (κ2) is 7.06. The molecule has 1 saturated heterocycles. The number of hydrogen-bond donors (Lipinski definition) is 2. The summed E-state index contributed by atoms with van der Waals surface area (Å²) in [5.41, 5.74) is 8.52. The third-order valence-electron chi connectivity index (χ3n) is 10.9. The average Bonchev–Trinajstić information content (AvgIpc) is 3.64. The molecular formula is C27H43N3. The quantitative estimate of drug-likeness (QED) is 0.615. The van der Waals surface area contributed by atoms with E-state index in [1.165, 1.54) is 57.8 Å². The maximum absolute atomic E-state index is 6.65. The summed E-state index contributed by atoms with van der Waals surface area (Å²) < 4.78 is 0. The standard InChI is InChI=1S/C27H43N3/c1-2-15-11-22-20-13-18(20)10-19-14-21(19)23(22)12-17(15)8-9-25(16-6-7-16)30-26-5-3-4-24(26)29-27(30)28/h12,15-16,18-27,29H,2-11,13-14,28H2,1H3. The van der Waals surface area contributed by atoms with Crippen molar-refractivity contribution in [1.82, 2.24) is 10.2 Å². The van der Waals surface area contributed by atoms with Gasteiger partial charge in [0.05, 0.1) is 0 Å². The average molecular weight is 410 g/mol. The molecule has 11 atom stereocenters. The van der Waals surface area contributed by atoms with Gasteiger partial charge >= 0.3 is 0 Å². The first-order valence-corrected chi connectivity index (χ1v) is 13.7. The van der Waals surface area contributed by atoms with Crippen LogP contribution in [0.1, 0.15) is 84.0 Å². The number of allylic oxidation sites excluding steroid dienone is 2. The lowest BCUT2D eigenvalue weighted by Crippen LogP contribution is -2.52. The van der Waals surface area contributed by atoms with Crippen LogP contribution in [0.2, 0.25) is 0 Å². The normalized spacial score (nSPS) is 52.5. The van der Waals surface area contributed by atoms with E-state index in [1.807, 2.05) is 5.57 Å². The predicted octanol–water partition coefficient (Wildman–Crippen LogP) is 4.88. The van der Waals surface area contributed by atoms with Gasteiger partial charge in [0.25, 0.3) is 0 Å². The van der Waals surface area contributed by atoms with Crippen LogP contribution in [-0.4, -0.2) is 29.3 Å². The van der Waals surface area contributed by atoms with Gasteiger partial charge in [-0.1, -0.05) is 25.0 Å². The van der Waals surface area contributed by atoms with Crippen molar-refractivity contribution in [3.63, 3.8) is 0 Å². The molecule has 3 heteroatoms. The van der Waals surface area contributed by atoms with E-state index >= 15 is 0 Å². The van der Waals surface area contributed by atoms with Gasteiger partial charge in [-0.2, -0.15) is 0 Å². The Hall–Kier alpha value is -0.380. The highest BCUT2D eigenvalue weighted by Crippen LogP contribution is 2.66. The van der Waals surface area contributed by atoms with E-state index in [9.17, 15) is 0 Å². The summed E-state index contributed by atoms with van der Waals surface area (Å²) in [6, 6.07) is 2.12. The maximum Gasteiger partial charge on any atom is 0.112 e. The zero-order valence-electron chi connectivity index (χ0n) is 19.0. The molecule has 0 bridgehead atoms. The Bertz CT molecular complexity index is 713. The minimum absolute atomic E-state index is 0.110. The van der Waals surface area contributed by atoms with Gasteiger partial charge in [0.2, 0.25) is 0 Å². The summed E-state index contributed by atoms with van der Waals surface area (Å²) in [6.07, 6.45) is 20.3. The van der Waals surface area contributed by atoms with E-state index in [0.29, 0.717) is 6.04 Å². The molecule has 3 nitrogen and oxygen atoms in total. The Morgan fingerprint density at radius 3 is 2.70 bits per heavy atom. The molecule has 1 heterocycles. The first-order chi connectivity index (χ1) is 14.7. The van der Waals surface area contributed by atoms with Crippen LogP contribution in [0.4, 0.5) is 0 Å². The van der Waals surface area contributed by atoms with Gasteiger partial charge in [-0.15, -0.1) is 0 Å². The predicted molar refractivity (Wildman–Crippen MR) is 121 cm³/mol. The summed E-state index contributed by atoms with van der Waals surface area (Å²) >= 11 is 0. The zero-order valence-corrected chi connectivity index (χ0v) is 19.0. The van der Waals surface area contributed by atoms with Crippen molar-refractivity contribution in [2.45, 2.75) is 108 Å². The Morgan fingerprint density at radius 1 is 1.03 bits per heavy atom. The van der Waals surface area contributed by atoms with Crippen molar-refractivity contribution in [2.24, 2.45) is 53.1 Å². The van der Waals surface area contributed by atoms with Crippen molar-refractivity contribution in [2.75, 3.05) is 0 Å². The molecule has 7 aliphatic rings. The fourth-order valence-electron chi connectivity index (χ4n) is 9.11. The SMILES string of the molecule is CCC1CC2C(C=C1CCC(C1CC1)N1C(N)NC3CCCC31)C1CC1CC1CC12. The minimum Gasteiger partial charge on any atom is -0.303 e. The number of nitrogens with zero attached hydrogens (tertiary/aromatic N) is 1. The van der Waals surface area contributed by atoms with E-state index in [4.69, 9.17) is 5.73 Å².